The van der Waals surface area contributed by atoms with E-state index in [0.29, 0.717) is 18.0 Å². The summed E-state index contributed by atoms with van der Waals surface area (Å²) in [6, 6.07) is 6.21. The van der Waals surface area contributed by atoms with Crippen molar-refractivity contribution in [2.45, 2.75) is 20.0 Å². The number of fused-ring (bicyclic) bond motifs is 1. The number of ether oxygens (including phenoxy) is 1. The third-order valence-corrected chi connectivity index (χ3v) is 4.38. The molecule has 8 heteroatoms. The van der Waals surface area contributed by atoms with Gasteiger partial charge < -0.3 is 9.30 Å². The molecule has 3 aromatic rings. The second-order valence-corrected chi connectivity index (χ2v) is 6.11. The molecule has 0 radical (unpaired) electrons. The summed E-state index contributed by atoms with van der Waals surface area (Å²) in [6.45, 7) is 3.34. The number of carbonyl (C=O) groups is 1. The van der Waals surface area contributed by atoms with Crippen LogP contribution in [0, 0.1) is 6.92 Å². The summed E-state index contributed by atoms with van der Waals surface area (Å²) in [5, 5.41) is 3.93. The highest BCUT2D eigenvalue weighted by Gasteiger charge is 2.08. The van der Waals surface area contributed by atoms with Gasteiger partial charge in [-0.15, -0.1) is 0 Å². The van der Waals surface area contributed by atoms with Crippen molar-refractivity contribution >= 4 is 27.5 Å². The van der Waals surface area contributed by atoms with Crippen LogP contribution in [-0.4, -0.2) is 39.0 Å². The lowest BCUT2D eigenvalue weighted by atomic mass is 10.2. The van der Waals surface area contributed by atoms with Crippen molar-refractivity contribution in [1.29, 1.82) is 0 Å². The minimum absolute atomic E-state index is 0.0809. The number of hydrogen-bond donors (Lipinski definition) is 0. The van der Waals surface area contributed by atoms with E-state index < -0.39 is 0 Å². The monoisotopic (exact) mass is 331 g/mol. The van der Waals surface area contributed by atoms with Gasteiger partial charge in [-0.2, -0.15) is 10.1 Å². The molecule has 1 amide bonds. The second kappa shape index (κ2) is 6.84. The lowest BCUT2D eigenvalue weighted by Crippen LogP contribution is -2.20. The molecule has 0 fully saturated rings. The molecule has 0 N–H and O–H groups in total. The van der Waals surface area contributed by atoms with Crippen LogP contribution in [0.25, 0.3) is 10.2 Å². The zero-order valence-corrected chi connectivity index (χ0v) is 13.8. The third-order valence-electron chi connectivity index (χ3n) is 3.34. The van der Waals surface area contributed by atoms with E-state index in [0.717, 1.165) is 10.2 Å². The molecule has 0 saturated carbocycles. The molecule has 23 heavy (non-hydrogen) atoms. The Hall–Kier alpha value is -2.32. The van der Waals surface area contributed by atoms with E-state index in [9.17, 15) is 4.79 Å². The average Bonchev–Trinajstić information content (AvgIpc) is 3.12. The number of methoxy groups -OCH3 is 1. The van der Waals surface area contributed by atoms with Crippen molar-refractivity contribution in [3.63, 3.8) is 0 Å². The average molecular weight is 331 g/mol. The molecule has 0 saturated heterocycles. The molecule has 7 nitrogen and oxygen atoms in total. The van der Waals surface area contributed by atoms with Crippen LogP contribution in [0.2, 0.25) is 0 Å². The number of aryl methyl sites for hydroxylation is 1. The highest BCUT2D eigenvalue weighted by atomic mass is 32.1. The van der Waals surface area contributed by atoms with Crippen molar-refractivity contribution in [3.05, 3.63) is 41.2 Å². The Morgan fingerprint density at radius 1 is 1.43 bits per heavy atom. The molecule has 2 aromatic heterocycles. The van der Waals surface area contributed by atoms with Crippen LogP contribution in [0.15, 0.2) is 35.8 Å². The molecule has 2 heterocycles. The van der Waals surface area contributed by atoms with Gasteiger partial charge in [-0.25, -0.2) is 9.67 Å². The fraction of sp³-hybridized carbons (Fsp3) is 0.333. The van der Waals surface area contributed by atoms with E-state index in [1.807, 2.05) is 11.5 Å². The van der Waals surface area contributed by atoms with Crippen LogP contribution in [0.4, 0.5) is 0 Å². The molecule has 0 aliphatic rings. The first kappa shape index (κ1) is 15.6. The normalized spacial score (nSPS) is 12.2. The van der Waals surface area contributed by atoms with Gasteiger partial charge in [0.05, 0.1) is 16.8 Å². The van der Waals surface area contributed by atoms with Crippen LogP contribution in [0.5, 0.6) is 0 Å². The molecule has 0 atom stereocenters. The van der Waals surface area contributed by atoms with Gasteiger partial charge in [0.1, 0.15) is 19.2 Å². The molecule has 0 bridgehead atoms. The van der Waals surface area contributed by atoms with Crippen molar-refractivity contribution in [3.8, 4) is 0 Å². The van der Waals surface area contributed by atoms with Crippen LogP contribution in [0.3, 0.4) is 0 Å². The third kappa shape index (κ3) is 3.54. The predicted octanol–water partition coefficient (Wildman–Crippen LogP) is 1.38. The van der Waals surface area contributed by atoms with Crippen molar-refractivity contribution in [1.82, 2.24) is 19.3 Å². The largest absolute Gasteiger partial charge is 0.383 e. The van der Waals surface area contributed by atoms with Gasteiger partial charge in [0.25, 0.3) is 5.91 Å². The number of carbonyl (C=O) groups excluding carboxylic acids is 1. The van der Waals surface area contributed by atoms with Crippen molar-refractivity contribution in [2.75, 3.05) is 13.7 Å². The maximum Gasteiger partial charge on any atom is 0.270 e. The molecule has 3 rings (SSSR count). The zero-order valence-electron chi connectivity index (χ0n) is 13.0. The molecule has 0 aliphatic carbocycles. The van der Waals surface area contributed by atoms with E-state index in [1.165, 1.54) is 34.2 Å². The summed E-state index contributed by atoms with van der Waals surface area (Å²) in [7, 11) is 1.66. The molecule has 0 spiro atoms. The van der Waals surface area contributed by atoms with Gasteiger partial charge in [0, 0.05) is 13.7 Å². The summed E-state index contributed by atoms with van der Waals surface area (Å²) < 4.78 is 9.75. The smallest absolute Gasteiger partial charge is 0.270 e. The quantitative estimate of drug-likeness (QED) is 0.708. The summed E-state index contributed by atoms with van der Waals surface area (Å²) >= 11 is 1.50. The fourth-order valence-corrected chi connectivity index (χ4v) is 3.43. The first-order valence-corrected chi connectivity index (χ1v) is 7.98. The lowest BCUT2D eigenvalue weighted by molar-refractivity contribution is -0.118. The Bertz CT molecular complexity index is 879. The summed E-state index contributed by atoms with van der Waals surface area (Å²) in [5.74, 6) is -0.259. The van der Waals surface area contributed by atoms with Gasteiger partial charge in [-0.05, 0) is 24.6 Å². The molecular formula is C15H17N5O2S. The van der Waals surface area contributed by atoms with Gasteiger partial charge in [0.15, 0.2) is 4.80 Å². The van der Waals surface area contributed by atoms with Crippen LogP contribution in [0.1, 0.15) is 5.56 Å². The first-order valence-electron chi connectivity index (χ1n) is 7.16. The van der Waals surface area contributed by atoms with Gasteiger partial charge in [0.2, 0.25) is 0 Å². The molecule has 1 aromatic carbocycles. The number of nitrogens with zero attached hydrogens (tertiary/aromatic N) is 5. The molecule has 0 unspecified atom stereocenters. The Morgan fingerprint density at radius 2 is 2.30 bits per heavy atom. The highest BCUT2D eigenvalue weighted by molar-refractivity contribution is 7.16. The SMILES string of the molecule is COCCn1c(=NC(=O)Cn2cncn2)sc2cc(C)ccc21. The van der Waals surface area contributed by atoms with Crippen molar-refractivity contribution in [2.24, 2.45) is 4.99 Å². The van der Waals surface area contributed by atoms with Crippen LogP contribution < -0.4 is 4.80 Å². The minimum Gasteiger partial charge on any atom is -0.383 e. The Kier molecular flexibility index (Phi) is 4.63. The van der Waals surface area contributed by atoms with Gasteiger partial charge >= 0.3 is 0 Å². The number of aromatic nitrogens is 4. The second-order valence-electron chi connectivity index (χ2n) is 5.10. The molecular weight excluding hydrogens is 314 g/mol. The lowest BCUT2D eigenvalue weighted by Gasteiger charge is -2.04. The fourth-order valence-electron chi connectivity index (χ4n) is 2.26. The first-order chi connectivity index (χ1) is 11.2. The summed E-state index contributed by atoms with van der Waals surface area (Å²) in [5.41, 5.74) is 2.24. The topological polar surface area (TPSA) is 74.3 Å². The highest BCUT2D eigenvalue weighted by Crippen LogP contribution is 2.18. The Morgan fingerprint density at radius 3 is 3.04 bits per heavy atom. The maximum absolute atomic E-state index is 12.2. The van der Waals surface area contributed by atoms with Gasteiger partial charge in [-0.3, -0.25) is 4.79 Å². The summed E-state index contributed by atoms with van der Waals surface area (Å²) in [4.78, 5) is 20.9. The number of rotatable bonds is 5. The van der Waals surface area contributed by atoms with Crippen LogP contribution in [-0.2, 0) is 22.6 Å². The number of hydrogen-bond acceptors (Lipinski definition) is 5. The van der Waals surface area contributed by atoms with E-state index in [1.54, 1.807) is 7.11 Å². The van der Waals surface area contributed by atoms with E-state index in [-0.39, 0.29) is 12.5 Å². The Labute approximate surface area is 136 Å². The summed E-state index contributed by atoms with van der Waals surface area (Å²) in [6.07, 6.45) is 2.90. The van der Waals surface area contributed by atoms with Crippen molar-refractivity contribution < 1.29 is 9.53 Å². The predicted molar refractivity (Wildman–Crippen MR) is 87.0 cm³/mol. The number of benzene rings is 1. The van der Waals surface area contributed by atoms with Crippen LogP contribution >= 0.6 is 11.3 Å². The number of thiazole rings is 1. The molecule has 120 valence electrons. The Balaban J connectivity index is 2.00. The van der Waals surface area contributed by atoms with E-state index >= 15 is 0 Å². The standard InChI is InChI=1S/C15H17N5O2S/c1-11-3-4-12-13(7-11)23-15(20(12)5-6-22-2)18-14(21)8-19-10-16-9-17-19/h3-4,7,9-10H,5-6,8H2,1-2H3. The minimum atomic E-state index is -0.259. The maximum atomic E-state index is 12.2. The van der Waals surface area contributed by atoms with Gasteiger partial charge in [-0.1, -0.05) is 17.4 Å². The van der Waals surface area contributed by atoms with E-state index in [4.69, 9.17) is 4.74 Å². The zero-order chi connectivity index (χ0) is 16.2. The number of amides is 1. The van der Waals surface area contributed by atoms with E-state index in [2.05, 4.69) is 33.3 Å². The molecule has 0 aliphatic heterocycles.